The molecular formula is C25H31N5O4. The van der Waals surface area contributed by atoms with Gasteiger partial charge in [0.25, 0.3) is 11.8 Å². The number of hydrogen-bond donors (Lipinski definition) is 0. The minimum Gasteiger partial charge on any atom is -0.459 e. The van der Waals surface area contributed by atoms with Gasteiger partial charge in [0, 0.05) is 45.8 Å². The molecule has 0 unspecified atom stereocenters. The Bertz CT molecular complexity index is 1180. The zero-order valence-corrected chi connectivity index (χ0v) is 20.0. The summed E-state index contributed by atoms with van der Waals surface area (Å²) in [5.74, 6) is 0.737. The fourth-order valence-corrected chi connectivity index (χ4v) is 4.31. The van der Waals surface area contributed by atoms with E-state index >= 15 is 0 Å². The van der Waals surface area contributed by atoms with E-state index in [2.05, 4.69) is 6.92 Å². The molecule has 1 fully saturated rings. The van der Waals surface area contributed by atoms with Gasteiger partial charge in [-0.3, -0.25) is 23.7 Å². The first-order valence-electron chi connectivity index (χ1n) is 11.9. The number of anilines is 1. The zero-order valence-electron chi connectivity index (χ0n) is 20.0. The van der Waals surface area contributed by atoms with Gasteiger partial charge < -0.3 is 14.2 Å². The molecule has 3 aromatic rings. The number of amides is 3. The van der Waals surface area contributed by atoms with Gasteiger partial charge in [0.15, 0.2) is 5.76 Å². The number of fused-ring (bicyclic) bond motifs is 1. The molecule has 0 radical (unpaired) electrons. The van der Waals surface area contributed by atoms with Crippen LogP contribution < -0.4 is 4.90 Å². The largest absolute Gasteiger partial charge is 0.459 e. The second-order valence-corrected chi connectivity index (χ2v) is 8.47. The van der Waals surface area contributed by atoms with Crippen molar-refractivity contribution in [1.82, 2.24) is 19.2 Å². The van der Waals surface area contributed by atoms with Crippen molar-refractivity contribution in [2.75, 3.05) is 37.6 Å². The maximum absolute atomic E-state index is 13.3. The van der Waals surface area contributed by atoms with Crippen LogP contribution in [0.15, 0.2) is 41.1 Å². The lowest BCUT2D eigenvalue weighted by molar-refractivity contribution is -0.116. The first-order valence-corrected chi connectivity index (χ1v) is 11.9. The number of carbonyl (C=O) groups is 3. The maximum atomic E-state index is 13.3. The second kappa shape index (κ2) is 10.1. The molecule has 0 aliphatic carbocycles. The van der Waals surface area contributed by atoms with E-state index in [9.17, 15) is 14.4 Å². The Balaban J connectivity index is 1.56. The lowest BCUT2D eigenvalue weighted by Gasteiger charge is -2.34. The van der Waals surface area contributed by atoms with Crippen molar-refractivity contribution in [3.8, 4) is 0 Å². The van der Waals surface area contributed by atoms with Gasteiger partial charge >= 0.3 is 0 Å². The lowest BCUT2D eigenvalue weighted by Crippen LogP contribution is -2.50. The van der Waals surface area contributed by atoms with Crippen LogP contribution in [0.5, 0.6) is 0 Å². The van der Waals surface area contributed by atoms with Crippen LogP contribution in [-0.4, -0.2) is 69.6 Å². The summed E-state index contributed by atoms with van der Waals surface area (Å²) in [6, 6.07) is 6.93. The van der Waals surface area contributed by atoms with E-state index < -0.39 is 0 Å². The summed E-state index contributed by atoms with van der Waals surface area (Å²) in [7, 11) is 0. The number of furan rings is 1. The number of aromatic nitrogens is 2. The molecule has 1 saturated heterocycles. The second-order valence-electron chi connectivity index (χ2n) is 8.47. The molecule has 0 spiro atoms. The molecule has 3 amide bonds. The summed E-state index contributed by atoms with van der Waals surface area (Å²) in [4.78, 5) is 48.2. The van der Waals surface area contributed by atoms with Crippen molar-refractivity contribution in [3.63, 3.8) is 0 Å². The number of aryl methyl sites for hydroxylation is 1. The van der Waals surface area contributed by atoms with E-state index in [0.717, 1.165) is 24.4 Å². The van der Waals surface area contributed by atoms with Gasteiger partial charge in [-0.15, -0.1) is 0 Å². The van der Waals surface area contributed by atoms with Crippen molar-refractivity contribution in [2.45, 2.75) is 40.0 Å². The molecule has 4 rings (SSSR count). The van der Waals surface area contributed by atoms with Crippen molar-refractivity contribution < 1.29 is 18.8 Å². The Hall–Kier alpha value is -3.62. The molecular weight excluding hydrogens is 434 g/mol. The molecule has 180 valence electrons. The van der Waals surface area contributed by atoms with E-state index in [1.54, 1.807) is 46.0 Å². The van der Waals surface area contributed by atoms with Crippen LogP contribution in [0.3, 0.4) is 0 Å². The minimum absolute atomic E-state index is 0.0426. The topological polar surface area (TPSA) is 91.4 Å². The van der Waals surface area contributed by atoms with Crippen LogP contribution in [0.2, 0.25) is 0 Å². The zero-order chi connectivity index (χ0) is 24.2. The molecule has 34 heavy (non-hydrogen) atoms. The third-order valence-electron chi connectivity index (χ3n) is 6.20. The molecule has 4 heterocycles. The fourth-order valence-electron chi connectivity index (χ4n) is 4.31. The van der Waals surface area contributed by atoms with Gasteiger partial charge in [-0.25, -0.2) is 4.98 Å². The standard InChI is InChI=1S/C25H31N5O4/c1-4-6-11-29(18(3)31)23-20(5-2)26-22-10-9-19(17-30(22)23)24(32)27-12-14-28(15-13-27)25(33)21-8-7-16-34-21/h7-10,16-17H,4-6,11-15H2,1-3H3. The van der Waals surface area contributed by atoms with Crippen LogP contribution in [0.25, 0.3) is 5.65 Å². The molecule has 9 nitrogen and oxygen atoms in total. The molecule has 9 heteroatoms. The highest BCUT2D eigenvalue weighted by Crippen LogP contribution is 2.25. The molecule has 3 aromatic heterocycles. The highest BCUT2D eigenvalue weighted by Gasteiger charge is 2.27. The lowest BCUT2D eigenvalue weighted by atomic mass is 10.2. The Morgan fingerprint density at radius 2 is 1.74 bits per heavy atom. The van der Waals surface area contributed by atoms with Crippen molar-refractivity contribution >= 4 is 29.2 Å². The predicted octanol–water partition coefficient (Wildman–Crippen LogP) is 3.24. The number of imidazole rings is 1. The summed E-state index contributed by atoms with van der Waals surface area (Å²) in [5, 5.41) is 0. The van der Waals surface area contributed by atoms with Crippen LogP contribution in [0.1, 0.15) is 60.2 Å². The Morgan fingerprint density at radius 1 is 1.03 bits per heavy atom. The van der Waals surface area contributed by atoms with E-state index in [1.807, 2.05) is 17.4 Å². The average Bonchev–Trinajstić information content (AvgIpc) is 3.51. The maximum Gasteiger partial charge on any atom is 0.289 e. The highest BCUT2D eigenvalue weighted by atomic mass is 16.3. The number of unbranched alkanes of at least 4 members (excludes halogenated alkanes) is 1. The number of carbonyl (C=O) groups excluding carboxylic acids is 3. The molecule has 0 atom stereocenters. The van der Waals surface area contributed by atoms with Crippen molar-refractivity contribution in [2.24, 2.45) is 0 Å². The van der Waals surface area contributed by atoms with E-state index in [0.29, 0.717) is 56.1 Å². The van der Waals surface area contributed by atoms with Crippen molar-refractivity contribution in [3.05, 3.63) is 53.7 Å². The van der Waals surface area contributed by atoms with Crippen LogP contribution in [-0.2, 0) is 11.2 Å². The van der Waals surface area contributed by atoms with E-state index in [4.69, 9.17) is 9.40 Å². The molecule has 0 aromatic carbocycles. The summed E-state index contributed by atoms with van der Waals surface area (Å²) in [6.45, 7) is 8.04. The first kappa shape index (κ1) is 23.5. The summed E-state index contributed by atoms with van der Waals surface area (Å²) in [6.07, 6.45) is 5.80. The molecule has 0 bridgehead atoms. The van der Waals surface area contributed by atoms with Gasteiger partial charge in [-0.05, 0) is 37.1 Å². The Morgan fingerprint density at radius 3 is 2.32 bits per heavy atom. The van der Waals surface area contributed by atoms with Crippen LogP contribution >= 0.6 is 0 Å². The molecule has 0 saturated carbocycles. The van der Waals surface area contributed by atoms with E-state index in [1.165, 1.54) is 6.26 Å². The number of piperazine rings is 1. The van der Waals surface area contributed by atoms with Crippen molar-refractivity contribution in [1.29, 1.82) is 0 Å². The quantitative estimate of drug-likeness (QED) is 0.534. The third kappa shape index (κ3) is 4.55. The predicted molar refractivity (Wildman–Crippen MR) is 128 cm³/mol. The third-order valence-corrected chi connectivity index (χ3v) is 6.20. The molecule has 1 aliphatic heterocycles. The van der Waals surface area contributed by atoms with Crippen LogP contribution in [0, 0.1) is 0 Å². The van der Waals surface area contributed by atoms with E-state index in [-0.39, 0.29) is 17.7 Å². The number of pyridine rings is 1. The SMILES string of the molecule is CCCCN(C(C)=O)c1c(CC)nc2ccc(C(=O)N3CCN(C(=O)c4ccco4)CC3)cn12. The van der Waals surface area contributed by atoms with Gasteiger partial charge in [0.2, 0.25) is 5.91 Å². The number of hydrogen-bond acceptors (Lipinski definition) is 5. The van der Waals surface area contributed by atoms with Gasteiger partial charge in [0.1, 0.15) is 11.5 Å². The Labute approximate surface area is 198 Å². The number of nitrogens with zero attached hydrogens (tertiary/aromatic N) is 5. The van der Waals surface area contributed by atoms with Gasteiger partial charge in [0.05, 0.1) is 17.5 Å². The smallest absolute Gasteiger partial charge is 0.289 e. The summed E-state index contributed by atoms with van der Waals surface area (Å²) < 4.78 is 7.07. The average molecular weight is 466 g/mol. The normalized spacial score (nSPS) is 14.0. The fraction of sp³-hybridized carbons (Fsp3) is 0.440. The Kier molecular flexibility index (Phi) is 7.00. The monoisotopic (exact) mass is 465 g/mol. The minimum atomic E-state index is -0.162. The highest BCUT2D eigenvalue weighted by molar-refractivity contribution is 5.96. The molecule has 0 N–H and O–H groups in total. The summed E-state index contributed by atoms with van der Waals surface area (Å²) in [5.41, 5.74) is 2.07. The molecule has 1 aliphatic rings. The van der Waals surface area contributed by atoms with Crippen LogP contribution in [0.4, 0.5) is 5.82 Å². The first-order chi connectivity index (χ1) is 16.4. The summed E-state index contributed by atoms with van der Waals surface area (Å²) >= 11 is 0. The number of rotatable bonds is 7. The van der Waals surface area contributed by atoms with Gasteiger partial charge in [-0.2, -0.15) is 0 Å². The van der Waals surface area contributed by atoms with Gasteiger partial charge in [-0.1, -0.05) is 20.3 Å².